The number of rotatable bonds is 3. The van der Waals surface area contributed by atoms with Crippen molar-refractivity contribution in [2.24, 2.45) is 0 Å². The molecule has 1 aromatic carbocycles. The number of carbonyl (C=O) groups excluding carboxylic acids is 1. The molecule has 0 unspecified atom stereocenters. The minimum Gasteiger partial charge on any atom is -0.294 e. The molecular formula is C12H7BrClFOS. The summed E-state index contributed by atoms with van der Waals surface area (Å²) in [5.41, 5.74) is 1.27. The van der Waals surface area contributed by atoms with Gasteiger partial charge in [-0.15, -0.1) is 0 Å². The SMILES string of the molecule is O=C(Cc1ccc(F)cc1Cl)c1cscc1Br. The van der Waals surface area contributed by atoms with Gasteiger partial charge in [-0.05, 0) is 33.6 Å². The molecule has 0 aliphatic heterocycles. The van der Waals surface area contributed by atoms with Crippen LogP contribution in [0.1, 0.15) is 15.9 Å². The predicted octanol–water partition coefficient (Wildman–Crippen LogP) is 4.73. The van der Waals surface area contributed by atoms with E-state index >= 15 is 0 Å². The normalized spacial score (nSPS) is 10.5. The van der Waals surface area contributed by atoms with Gasteiger partial charge in [0, 0.05) is 32.2 Å². The number of hydrogen-bond donors (Lipinski definition) is 0. The first-order valence-corrected chi connectivity index (χ1v) is 6.88. The Kier molecular flexibility index (Phi) is 3.97. The van der Waals surface area contributed by atoms with Gasteiger partial charge in [0.25, 0.3) is 0 Å². The summed E-state index contributed by atoms with van der Waals surface area (Å²) in [6, 6.07) is 4.06. The number of halogens is 3. The van der Waals surface area contributed by atoms with Gasteiger partial charge in [-0.25, -0.2) is 4.39 Å². The van der Waals surface area contributed by atoms with E-state index in [1.54, 1.807) is 5.38 Å². The van der Waals surface area contributed by atoms with Crippen LogP contribution in [-0.2, 0) is 6.42 Å². The molecule has 0 bridgehead atoms. The fraction of sp³-hybridized carbons (Fsp3) is 0.0833. The largest absolute Gasteiger partial charge is 0.294 e. The second kappa shape index (κ2) is 5.29. The zero-order valence-corrected chi connectivity index (χ0v) is 11.7. The zero-order valence-electron chi connectivity index (χ0n) is 8.54. The van der Waals surface area contributed by atoms with Crippen LogP contribution in [0.25, 0.3) is 0 Å². The van der Waals surface area contributed by atoms with Gasteiger partial charge in [-0.3, -0.25) is 4.79 Å². The van der Waals surface area contributed by atoms with Crippen molar-refractivity contribution in [1.82, 2.24) is 0 Å². The molecule has 2 aromatic rings. The summed E-state index contributed by atoms with van der Waals surface area (Å²) >= 11 is 10.6. The maximum atomic E-state index is 12.8. The third kappa shape index (κ3) is 2.94. The lowest BCUT2D eigenvalue weighted by atomic mass is 10.1. The van der Waals surface area contributed by atoms with Crippen LogP contribution in [0.2, 0.25) is 5.02 Å². The summed E-state index contributed by atoms with van der Waals surface area (Å²) in [6.45, 7) is 0. The first kappa shape index (κ1) is 12.7. The number of hydrogen-bond acceptors (Lipinski definition) is 2. The van der Waals surface area contributed by atoms with E-state index in [2.05, 4.69) is 15.9 Å². The Hall–Kier alpha value is -0.710. The summed E-state index contributed by atoms with van der Waals surface area (Å²) in [5, 5.41) is 3.91. The van der Waals surface area contributed by atoms with Gasteiger partial charge in [-0.1, -0.05) is 17.7 Å². The Balaban J connectivity index is 2.22. The highest BCUT2D eigenvalue weighted by Gasteiger charge is 2.13. The van der Waals surface area contributed by atoms with E-state index in [0.717, 1.165) is 4.47 Å². The number of Topliss-reactive ketones (excluding diaryl/α,β-unsaturated/α-hetero) is 1. The molecule has 17 heavy (non-hydrogen) atoms. The minimum atomic E-state index is -0.400. The van der Waals surface area contributed by atoms with Crippen LogP contribution < -0.4 is 0 Å². The third-order valence-electron chi connectivity index (χ3n) is 2.28. The zero-order chi connectivity index (χ0) is 12.4. The Morgan fingerprint density at radius 3 is 2.76 bits per heavy atom. The smallest absolute Gasteiger partial charge is 0.169 e. The Morgan fingerprint density at radius 1 is 1.41 bits per heavy atom. The summed E-state index contributed by atoms with van der Waals surface area (Å²) < 4.78 is 13.6. The van der Waals surface area contributed by atoms with Gasteiger partial charge in [0.1, 0.15) is 5.82 Å². The molecule has 0 aliphatic rings. The molecule has 0 fully saturated rings. The highest BCUT2D eigenvalue weighted by molar-refractivity contribution is 9.10. The molecule has 0 amide bonds. The minimum absolute atomic E-state index is 0.0355. The molecule has 2 rings (SSSR count). The lowest BCUT2D eigenvalue weighted by molar-refractivity contribution is 0.0992. The molecule has 0 atom stereocenters. The molecule has 5 heteroatoms. The van der Waals surface area contributed by atoms with Crippen molar-refractivity contribution in [1.29, 1.82) is 0 Å². The number of ketones is 1. The van der Waals surface area contributed by atoms with Gasteiger partial charge in [0.05, 0.1) is 0 Å². The lowest BCUT2D eigenvalue weighted by Crippen LogP contribution is -2.03. The van der Waals surface area contributed by atoms with E-state index in [1.807, 2.05) is 5.38 Å². The Labute approximate surface area is 115 Å². The quantitative estimate of drug-likeness (QED) is 0.742. The van der Waals surface area contributed by atoms with Crippen LogP contribution in [0, 0.1) is 5.82 Å². The first-order chi connectivity index (χ1) is 8.08. The number of thiophene rings is 1. The van der Waals surface area contributed by atoms with Crippen molar-refractivity contribution in [2.45, 2.75) is 6.42 Å². The van der Waals surface area contributed by atoms with Gasteiger partial charge in [0.2, 0.25) is 0 Å². The molecule has 0 radical (unpaired) electrons. The summed E-state index contributed by atoms with van der Waals surface area (Å²) in [4.78, 5) is 12.0. The Morgan fingerprint density at radius 2 is 2.18 bits per heavy atom. The van der Waals surface area contributed by atoms with Crippen LogP contribution in [-0.4, -0.2) is 5.78 Å². The Bertz CT molecular complexity index is 567. The second-order valence-corrected chi connectivity index (χ2v) is 5.47. The van der Waals surface area contributed by atoms with E-state index in [1.165, 1.54) is 29.5 Å². The summed E-state index contributed by atoms with van der Waals surface area (Å²) in [5.74, 6) is -0.436. The van der Waals surface area contributed by atoms with Crippen LogP contribution in [0.3, 0.4) is 0 Å². The number of benzene rings is 1. The van der Waals surface area contributed by atoms with Crippen molar-refractivity contribution in [2.75, 3.05) is 0 Å². The van der Waals surface area contributed by atoms with Crippen molar-refractivity contribution in [3.05, 3.63) is 55.4 Å². The van der Waals surface area contributed by atoms with Crippen molar-refractivity contribution in [3.63, 3.8) is 0 Å². The van der Waals surface area contributed by atoms with Crippen LogP contribution >= 0.6 is 38.9 Å². The maximum absolute atomic E-state index is 12.8. The van der Waals surface area contributed by atoms with E-state index in [4.69, 9.17) is 11.6 Å². The molecule has 1 nitrogen and oxygen atoms in total. The van der Waals surface area contributed by atoms with Gasteiger partial charge >= 0.3 is 0 Å². The molecule has 88 valence electrons. The summed E-state index contributed by atoms with van der Waals surface area (Å²) in [7, 11) is 0. The van der Waals surface area contributed by atoms with Crippen molar-refractivity contribution >= 4 is 44.7 Å². The van der Waals surface area contributed by atoms with E-state index in [-0.39, 0.29) is 17.2 Å². The van der Waals surface area contributed by atoms with Gasteiger partial charge in [0.15, 0.2) is 5.78 Å². The maximum Gasteiger partial charge on any atom is 0.169 e. The predicted molar refractivity (Wildman–Crippen MR) is 71.5 cm³/mol. The van der Waals surface area contributed by atoms with Crippen LogP contribution in [0.5, 0.6) is 0 Å². The lowest BCUT2D eigenvalue weighted by Gasteiger charge is -2.03. The molecule has 0 saturated carbocycles. The molecule has 0 N–H and O–H groups in total. The molecule has 0 aliphatic carbocycles. The molecule has 0 spiro atoms. The summed E-state index contributed by atoms with van der Waals surface area (Å²) in [6.07, 6.45) is 0.175. The molecule has 0 saturated heterocycles. The average Bonchev–Trinajstić information content (AvgIpc) is 2.68. The fourth-order valence-electron chi connectivity index (χ4n) is 1.41. The van der Waals surface area contributed by atoms with Crippen LogP contribution in [0.4, 0.5) is 4.39 Å². The second-order valence-electron chi connectivity index (χ2n) is 3.47. The standard InChI is InChI=1S/C12H7BrClFOS/c13-10-6-17-5-9(10)12(16)3-7-1-2-8(15)4-11(7)14/h1-2,4-6H,3H2. The molecule has 1 aromatic heterocycles. The van der Waals surface area contributed by atoms with E-state index in [9.17, 15) is 9.18 Å². The van der Waals surface area contributed by atoms with Crippen molar-refractivity contribution in [3.8, 4) is 0 Å². The van der Waals surface area contributed by atoms with Crippen molar-refractivity contribution < 1.29 is 9.18 Å². The molecular weight excluding hydrogens is 327 g/mol. The number of carbonyl (C=O) groups is 1. The highest BCUT2D eigenvalue weighted by Crippen LogP contribution is 2.25. The van der Waals surface area contributed by atoms with Crippen LogP contribution in [0.15, 0.2) is 33.4 Å². The molecule has 1 heterocycles. The average molecular weight is 334 g/mol. The fourth-order valence-corrected chi connectivity index (χ4v) is 3.17. The highest BCUT2D eigenvalue weighted by atomic mass is 79.9. The van der Waals surface area contributed by atoms with E-state index in [0.29, 0.717) is 11.1 Å². The first-order valence-electron chi connectivity index (χ1n) is 4.76. The van der Waals surface area contributed by atoms with Gasteiger partial charge < -0.3 is 0 Å². The monoisotopic (exact) mass is 332 g/mol. The van der Waals surface area contributed by atoms with Gasteiger partial charge in [-0.2, -0.15) is 11.3 Å². The van der Waals surface area contributed by atoms with E-state index < -0.39 is 5.82 Å². The third-order valence-corrected chi connectivity index (χ3v) is 4.34. The topological polar surface area (TPSA) is 17.1 Å².